The third-order valence-corrected chi connectivity index (χ3v) is 4.89. The number of halogens is 1. The van der Waals surface area contributed by atoms with Gasteiger partial charge in [-0.2, -0.15) is 0 Å². The van der Waals surface area contributed by atoms with Crippen LogP contribution in [0.1, 0.15) is 10.9 Å². The summed E-state index contributed by atoms with van der Waals surface area (Å²) in [4.78, 5) is 14.2. The molecule has 1 aliphatic heterocycles. The van der Waals surface area contributed by atoms with Crippen LogP contribution in [0, 0.1) is 5.82 Å². The van der Waals surface area contributed by atoms with Gasteiger partial charge in [-0.3, -0.25) is 0 Å². The van der Waals surface area contributed by atoms with Crippen molar-refractivity contribution < 1.29 is 13.9 Å². The first-order valence-electron chi connectivity index (χ1n) is 7.26. The van der Waals surface area contributed by atoms with Crippen LogP contribution in [-0.2, 0) is 0 Å². The molecule has 2 aromatic rings. The number of urea groups is 1. The predicted octanol–water partition coefficient (Wildman–Crippen LogP) is 4.11. The van der Waals surface area contributed by atoms with E-state index in [2.05, 4.69) is 5.32 Å². The Morgan fingerprint density at radius 2 is 2.09 bits per heavy atom. The molecular formula is C17H17FN2O2S. The van der Waals surface area contributed by atoms with Crippen LogP contribution in [0.3, 0.4) is 0 Å². The van der Waals surface area contributed by atoms with Gasteiger partial charge in [-0.15, -0.1) is 11.8 Å². The van der Waals surface area contributed by atoms with Crippen molar-refractivity contribution >= 4 is 23.5 Å². The molecule has 0 saturated carbocycles. The molecule has 0 unspecified atom stereocenters. The number of ether oxygens (including phenoxy) is 1. The third-order valence-electron chi connectivity index (χ3n) is 3.63. The molecule has 1 heterocycles. The van der Waals surface area contributed by atoms with Crippen LogP contribution < -0.4 is 10.1 Å². The molecular weight excluding hydrogens is 315 g/mol. The van der Waals surface area contributed by atoms with Crippen LogP contribution >= 0.6 is 11.8 Å². The summed E-state index contributed by atoms with van der Waals surface area (Å²) in [6.07, 6.45) is 0. The SMILES string of the molecule is COc1ccc(NC(=O)N2CCS[C@H]2c2cccc(F)c2)cc1. The number of hydrogen-bond donors (Lipinski definition) is 1. The van der Waals surface area contributed by atoms with Crippen molar-refractivity contribution in [3.63, 3.8) is 0 Å². The Bertz CT molecular complexity index is 693. The highest BCUT2D eigenvalue weighted by atomic mass is 32.2. The molecule has 23 heavy (non-hydrogen) atoms. The molecule has 4 nitrogen and oxygen atoms in total. The van der Waals surface area contributed by atoms with E-state index < -0.39 is 0 Å². The second kappa shape index (κ2) is 6.91. The fourth-order valence-electron chi connectivity index (χ4n) is 2.48. The molecule has 0 spiro atoms. The summed E-state index contributed by atoms with van der Waals surface area (Å²) in [5, 5.41) is 2.71. The highest BCUT2D eigenvalue weighted by Crippen LogP contribution is 2.38. The third kappa shape index (κ3) is 3.59. The number of rotatable bonds is 3. The molecule has 0 bridgehead atoms. The highest BCUT2D eigenvalue weighted by molar-refractivity contribution is 7.99. The number of carbonyl (C=O) groups is 1. The maximum atomic E-state index is 13.4. The van der Waals surface area contributed by atoms with E-state index in [1.54, 1.807) is 54.1 Å². The zero-order valence-electron chi connectivity index (χ0n) is 12.7. The van der Waals surface area contributed by atoms with Crippen LogP contribution in [0.2, 0.25) is 0 Å². The molecule has 0 aromatic heterocycles. The number of anilines is 1. The van der Waals surface area contributed by atoms with Gasteiger partial charge in [-0.1, -0.05) is 12.1 Å². The number of thioether (sulfide) groups is 1. The van der Waals surface area contributed by atoms with E-state index in [-0.39, 0.29) is 17.2 Å². The topological polar surface area (TPSA) is 41.6 Å². The standard InChI is InChI=1S/C17H17FN2O2S/c1-22-15-7-5-14(6-8-15)19-17(21)20-9-10-23-16(20)12-3-2-4-13(18)11-12/h2-8,11,16H,9-10H2,1H3,(H,19,21)/t16-/m0/s1. The van der Waals surface area contributed by atoms with Crippen molar-refractivity contribution in [1.29, 1.82) is 0 Å². The van der Waals surface area contributed by atoms with Gasteiger partial charge in [0.2, 0.25) is 0 Å². The van der Waals surface area contributed by atoms with E-state index in [1.807, 2.05) is 6.07 Å². The lowest BCUT2D eigenvalue weighted by Gasteiger charge is -2.24. The summed E-state index contributed by atoms with van der Waals surface area (Å²) in [6.45, 7) is 0.633. The predicted molar refractivity (Wildman–Crippen MR) is 90.3 cm³/mol. The number of hydrogen-bond acceptors (Lipinski definition) is 3. The summed E-state index contributed by atoms with van der Waals surface area (Å²) in [6, 6.07) is 13.4. The average molecular weight is 332 g/mol. The zero-order chi connectivity index (χ0) is 16.2. The zero-order valence-corrected chi connectivity index (χ0v) is 13.5. The minimum absolute atomic E-state index is 0.163. The van der Waals surface area contributed by atoms with Crippen LogP contribution in [-0.4, -0.2) is 30.3 Å². The number of amides is 2. The molecule has 6 heteroatoms. The van der Waals surface area contributed by atoms with Gasteiger partial charge in [0.15, 0.2) is 0 Å². The van der Waals surface area contributed by atoms with E-state index in [1.165, 1.54) is 12.1 Å². The van der Waals surface area contributed by atoms with Gasteiger partial charge >= 0.3 is 6.03 Å². The molecule has 2 amide bonds. The van der Waals surface area contributed by atoms with E-state index in [0.717, 1.165) is 17.1 Å². The fraction of sp³-hybridized carbons (Fsp3) is 0.235. The Kier molecular flexibility index (Phi) is 4.71. The Balaban J connectivity index is 1.72. The molecule has 120 valence electrons. The van der Waals surface area contributed by atoms with Crippen LogP contribution in [0.15, 0.2) is 48.5 Å². The van der Waals surface area contributed by atoms with Crippen molar-refractivity contribution in [2.75, 3.05) is 24.7 Å². The lowest BCUT2D eigenvalue weighted by atomic mass is 10.2. The molecule has 2 aromatic carbocycles. The van der Waals surface area contributed by atoms with Crippen LogP contribution in [0.5, 0.6) is 5.75 Å². The largest absolute Gasteiger partial charge is 0.497 e. The van der Waals surface area contributed by atoms with E-state index >= 15 is 0 Å². The first-order valence-corrected chi connectivity index (χ1v) is 8.31. The monoisotopic (exact) mass is 332 g/mol. The number of nitrogens with one attached hydrogen (secondary N) is 1. The maximum absolute atomic E-state index is 13.4. The van der Waals surface area contributed by atoms with Crippen molar-refractivity contribution in [1.82, 2.24) is 4.90 Å². The van der Waals surface area contributed by atoms with Gasteiger partial charge in [0.1, 0.15) is 16.9 Å². The van der Waals surface area contributed by atoms with Gasteiger partial charge in [0, 0.05) is 18.0 Å². The second-order valence-electron chi connectivity index (χ2n) is 5.13. The average Bonchev–Trinajstić information content (AvgIpc) is 3.05. The lowest BCUT2D eigenvalue weighted by Crippen LogP contribution is -2.34. The normalized spacial score (nSPS) is 17.1. The Morgan fingerprint density at radius 1 is 1.30 bits per heavy atom. The highest BCUT2D eigenvalue weighted by Gasteiger charge is 2.30. The summed E-state index contributed by atoms with van der Waals surface area (Å²) in [7, 11) is 1.60. The fourth-order valence-corrected chi connectivity index (χ4v) is 3.73. The molecule has 3 rings (SSSR count). The van der Waals surface area contributed by atoms with Gasteiger partial charge < -0.3 is 15.0 Å². The molecule has 1 atom stereocenters. The molecule has 1 saturated heterocycles. The van der Waals surface area contributed by atoms with E-state index in [0.29, 0.717) is 12.2 Å². The minimum atomic E-state index is -0.287. The summed E-state index contributed by atoms with van der Waals surface area (Å²) in [5.74, 6) is 1.28. The summed E-state index contributed by atoms with van der Waals surface area (Å²) in [5.41, 5.74) is 1.50. The smallest absolute Gasteiger partial charge is 0.323 e. The van der Waals surface area contributed by atoms with Gasteiger partial charge in [0.05, 0.1) is 7.11 Å². The van der Waals surface area contributed by atoms with Crippen LogP contribution in [0.4, 0.5) is 14.9 Å². The van der Waals surface area contributed by atoms with Crippen molar-refractivity contribution in [2.45, 2.75) is 5.37 Å². The maximum Gasteiger partial charge on any atom is 0.323 e. The quantitative estimate of drug-likeness (QED) is 0.919. The van der Waals surface area contributed by atoms with Gasteiger partial charge in [-0.25, -0.2) is 9.18 Å². The van der Waals surface area contributed by atoms with Crippen molar-refractivity contribution in [3.05, 3.63) is 59.9 Å². The number of nitrogens with zero attached hydrogens (tertiary/aromatic N) is 1. The van der Waals surface area contributed by atoms with E-state index in [4.69, 9.17) is 4.74 Å². The van der Waals surface area contributed by atoms with Crippen molar-refractivity contribution in [2.24, 2.45) is 0 Å². The molecule has 1 fully saturated rings. The lowest BCUT2D eigenvalue weighted by molar-refractivity contribution is 0.214. The van der Waals surface area contributed by atoms with Crippen molar-refractivity contribution in [3.8, 4) is 5.75 Å². The minimum Gasteiger partial charge on any atom is -0.497 e. The summed E-state index contributed by atoms with van der Waals surface area (Å²) < 4.78 is 18.5. The number of methoxy groups -OCH3 is 1. The molecule has 1 aliphatic rings. The molecule has 1 N–H and O–H groups in total. The summed E-state index contributed by atoms with van der Waals surface area (Å²) >= 11 is 1.64. The first-order chi connectivity index (χ1) is 11.2. The van der Waals surface area contributed by atoms with E-state index in [9.17, 15) is 9.18 Å². The Morgan fingerprint density at radius 3 is 2.78 bits per heavy atom. The Labute approximate surface area is 138 Å². The molecule has 0 radical (unpaired) electrons. The van der Waals surface area contributed by atoms with Gasteiger partial charge in [0.25, 0.3) is 0 Å². The first kappa shape index (κ1) is 15.7. The second-order valence-corrected chi connectivity index (χ2v) is 6.32. The number of carbonyl (C=O) groups excluding carboxylic acids is 1. The Hall–Kier alpha value is -2.21. The van der Waals surface area contributed by atoms with Crippen LogP contribution in [0.25, 0.3) is 0 Å². The molecule has 0 aliphatic carbocycles. The number of benzene rings is 2. The van der Waals surface area contributed by atoms with Gasteiger partial charge in [-0.05, 0) is 42.0 Å².